The van der Waals surface area contributed by atoms with Crippen LogP contribution in [0.5, 0.6) is 0 Å². The summed E-state index contributed by atoms with van der Waals surface area (Å²) in [7, 11) is 0. The number of fused-ring (bicyclic) bond motifs is 1. The Balaban J connectivity index is 1.47. The summed E-state index contributed by atoms with van der Waals surface area (Å²) < 4.78 is 30.3. The van der Waals surface area contributed by atoms with Crippen LogP contribution in [0.15, 0.2) is 79.0 Å². The number of rotatable bonds is 6. The van der Waals surface area contributed by atoms with Gasteiger partial charge in [0.2, 0.25) is 0 Å². The molecule has 0 saturated carbocycles. The number of hydrogen-bond donors (Lipinski definition) is 1. The molecule has 0 radical (unpaired) electrons. The molecule has 0 spiro atoms. The average molecular weight is 458 g/mol. The second-order valence-electron chi connectivity index (χ2n) is 7.79. The Morgan fingerprint density at radius 3 is 2.44 bits per heavy atom. The summed E-state index contributed by atoms with van der Waals surface area (Å²) in [6, 6.07) is 21.8. The van der Waals surface area contributed by atoms with Crippen LogP contribution in [-0.2, 0) is 6.54 Å². The summed E-state index contributed by atoms with van der Waals surface area (Å²) >= 11 is 0. The number of nitrogens with one attached hydrogen (secondary N) is 1. The number of halogens is 2. The first-order valence-electron chi connectivity index (χ1n) is 10.6. The third-order valence-corrected chi connectivity index (χ3v) is 5.44. The van der Waals surface area contributed by atoms with Gasteiger partial charge in [0.15, 0.2) is 11.5 Å². The highest BCUT2D eigenvalue weighted by molar-refractivity contribution is 6.07. The number of anilines is 1. The normalized spacial score (nSPS) is 11.3. The molecule has 0 fully saturated rings. The second-order valence-corrected chi connectivity index (χ2v) is 7.79. The van der Waals surface area contributed by atoms with Crippen molar-refractivity contribution in [1.82, 2.24) is 24.4 Å². The lowest BCUT2D eigenvalue weighted by atomic mass is 10.1. The largest absolute Gasteiger partial charge is 0.305 e. The van der Waals surface area contributed by atoms with Crippen molar-refractivity contribution < 1.29 is 13.6 Å². The van der Waals surface area contributed by atoms with Crippen molar-refractivity contribution in [3.63, 3.8) is 0 Å². The summed E-state index contributed by atoms with van der Waals surface area (Å²) in [5.41, 5.74) is 2.72. The van der Waals surface area contributed by atoms with Crippen molar-refractivity contribution in [2.24, 2.45) is 0 Å². The molecule has 5 aromatic rings. The minimum atomic E-state index is -2.79. The molecule has 3 heterocycles. The van der Waals surface area contributed by atoms with Gasteiger partial charge < -0.3 is 5.32 Å². The lowest BCUT2D eigenvalue weighted by Gasteiger charge is -2.08. The lowest BCUT2D eigenvalue weighted by Crippen LogP contribution is -2.13. The van der Waals surface area contributed by atoms with Crippen LogP contribution in [-0.4, -0.2) is 30.3 Å². The molecular weight excluding hydrogens is 438 g/mol. The van der Waals surface area contributed by atoms with E-state index >= 15 is 0 Å². The van der Waals surface area contributed by atoms with E-state index in [2.05, 4.69) is 20.5 Å². The Hall–Kier alpha value is -4.40. The Morgan fingerprint density at radius 1 is 1.03 bits per heavy atom. The van der Waals surface area contributed by atoms with Gasteiger partial charge in [0, 0.05) is 17.3 Å². The second kappa shape index (κ2) is 8.86. The average Bonchev–Trinajstić information content (AvgIpc) is 3.42. The number of alkyl halides is 2. The number of benzene rings is 2. The first-order chi connectivity index (χ1) is 16.5. The maximum atomic E-state index is 13.8. The molecule has 5 rings (SSSR count). The third kappa shape index (κ3) is 4.15. The molecule has 3 aromatic heterocycles. The number of aromatic nitrogens is 5. The van der Waals surface area contributed by atoms with Gasteiger partial charge in [-0.3, -0.25) is 9.48 Å². The zero-order valence-electron chi connectivity index (χ0n) is 18.2. The summed E-state index contributed by atoms with van der Waals surface area (Å²) in [6.45, 7) is 2.45. The van der Waals surface area contributed by atoms with Crippen molar-refractivity contribution in [1.29, 1.82) is 0 Å². The van der Waals surface area contributed by atoms with E-state index in [9.17, 15) is 13.6 Å². The monoisotopic (exact) mass is 458 g/mol. The van der Waals surface area contributed by atoms with Gasteiger partial charge in [0.1, 0.15) is 11.3 Å². The number of carbonyl (C=O) groups excluding carboxylic acids is 1. The van der Waals surface area contributed by atoms with Crippen LogP contribution in [0.3, 0.4) is 0 Å². The highest BCUT2D eigenvalue weighted by Crippen LogP contribution is 2.27. The van der Waals surface area contributed by atoms with Crippen molar-refractivity contribution in [3.05, 3.63) is 102 Å². The van der Waals surface area contributed by atoms with Crippen LogP contribution in [0.2, 0.25) is 0 Å². The maximum absolute atomic E-state index is 13.8. The van der Waals surface area contributed by atoms with E-state index in [1.807, 2.05) is 43.3 Å². The van der Waals surface area contributed by atoms with Crippen molar-refractivity contribution in [2.75, 3.05) is 5.32 Å². The zero-order valence-corrected chi connectivity index (χ0v) is 18.2. The smallest absolute Gasteiger partial charge is 0.280 e. The van der Waals surface area contributed by atoms with E-state index in [0.29, 0.717) is 23.6 Å². The van der Waals surface area contributed by atoms with Gasteiger partial charge in [-0.05, 0) is 18.6 Å². The molecule has 0 saturated heterocycles. The Kier molecular flexibility index (Phi) is 5.59. The fourth-order valence-corrected chi connectivity index (χ4v) is 3.73. The van der Waals surface area contributed by atoms with E-state index in [1.165, 1.54) is 12.3 Å². The Morgan fingerprint density at radius 2 is 1.74 bits per heavy atom. The highest BCUT2D eigenvalue weighted by Gasteiger charge is 2.22. The molecule has 34 heavy (non-hydrogen) atoms. The van der Waals surface area contributed by atoms with Gasteiger partial charge in [-0.15, -0.1) is 0 Å². The minimum absolute atomic E-state index is 0.0505. The quantitative estimate of drug-likeness (QED) is 0.382. The van der Waals surface area contributed by atoms with Gasteiger partial charge in [0.05, 0.1) is 18.4 Å². The first-order valence-corrected chi connectivity index (χ1v) is 10.6. The maximum Gasteiger partial charge on any atom is 0.280 e. The SMILES string of the molecule is Cc1cc(NC(=O)c2cnn3c(C(F)F)cc(-c4ccccc4)nc23)nn1Cc1ccccc1. The number of carbonyl (C=O) groups is 1. The fraction of sp³-hybridized carbons (Fsp3) is 0.120. The topological polar surface area (TPSA) is 77.1 Å². The molecule has 1 N–H and O–H groups in total. The summed E-state index contributed by atoms with van der Waals surface area (Å²) in [5, 5.41) is 11.2. The first kappa shape index (κ1) is 21.4. The molecule has 2 aromatic carbocycles. The van der Waals surface area contributed by atoms with Gasteiger partial charge in [-0.1, -0.05) is 60.7 Å². The van der Waals surface area contributed by atoms with Crippen molar-refractivity contribution in [3.8, 4) is 11.3 Å². The number of hydrogen-bond acceptors (Lipinski definition) is 4. The van der Waals surface area contributed by atoms with Gasteiger partial charge >= 0.3 is 0 Å². The molecular formula is C25H20F2N6O. The highest BCUT2D eigenvalue weighted by atomic mass is 19.3. The van der Waals surface area contributed by atoms with E-state index < -0.39 is 12.3 Å². The predicted molar refractivity (Wildman–Crippen MR) is 124 cm³/mol. The lowest BCUT2D eigenvalue weighted by molar-refractivity contribution is 0.102. The summed E-state index contributed by atoms with van der Waals surface area (Å²) in [6.07, 6.45) is -1.55. The van der Waals surface area contributed by atoms with Crippen LogP contribution in [0, 0.1) is 6.92 Å². The van der Waals surface area contributed by atoms with Crippen LogP contribution >= 0.6 is 0 Å². The van der Waals surface area contributed by atoms with Gasteiger partial charge in [-0.2, -0.15) is 10.2 Å². The minimum Gasteiger partial charge on any atom is -0.305 e. The van der Waals surface area contributed by atoms with E-state index in [4.69, 9.17) is 0 Å². The molecule has 0 aliphatic heterocycles. The van der Waals surface area contributed by atoms with Crippen LogP contribution in [0.1, 0.15) is 33.7 Å². The van der Waals surface area contributed by atoms with Gasteiger partial charge in [-0.25, -0.2) is 18.3 Å². The van der Waals surface area contributed by atoms with Crippen molar-refractivity contribution >= 4 is 17.4 Å². The molecule has 0 atom stereocenters. The summed E-state index contributed by atoms with van der Waals surface area (Å²) in [4.78, 5) is 17.5. The van der Waals surface area contributed by atoms with E-state index in [-0.39, 0.29) is 16.9 Å². The van der Waals surface area contributed by atoms with E-state index in [0.717, 1.165) is 15.8 Å². The molecule has 0 bridgehead atoms. The number of nitrogens with zero attached hydrogens (tertiary/aromatic N) is 5. The zero-order chi connectivity index (χ0) is 23.7. The van der Waals surface area contributed by atoms with E-state index in [1.54, 1.807) is 35.0 Å². The molecule has 170 valence electrons. The molecule has 1 amide bonds. The molecule has 7 nitrogen and oxygen atoms in total. The third-order valence-electron chi connectivity index (χ3n) is 5.44. The van der Waals surface area contributed by atoms with Crippen LogP contribution in [0.25, 0.3) is 16.9 Å². The van der Waals surface area contributed by atoms with Crippen LogP contribution < -0.4 is 5.32 Å². The summed E-state index contributed by atoms with van der Waals surface area (Å²) in [5.74, 6) is -0.177. The number of aryl methyl sites for hydroxylation is 1. The van der Waals surface area contributed by atoms with Gasteiger partial charge in [0.25, 0.3) is 12.3 Å². The number of amides is 1. The van der Waals surface area contributed by atoms with Crippen molar-refractivity contribution in [2.45, 2.75) is 19.9 Å². The Bertz CT molecular complexity index is 1460. The fourth-order valence-electron chi connectivity index (χ4n) is 3.73. The molecule has 0 aliphatic rings. The predicted octanol–water partition coefficient (Wildman–Crippen LogP) is 5.14. The van der Waals surface area contributed by atoms with Crippen LogP contribution in [0.4, 0.5) is 14.6 Å². The molecule has 0 unspecified atom stereocenters. The Labute approximate surface area is 193 Å². The molecule has 9 heteroatoms. The standard InChI is InChI=1S/C25H20F2N6O/c1-16-12-22(31-32(16)15-17-8-4-2-5-9-17)30-25(34)19-14-28-33-21(23(26)27)13-20(29-24(19)33)18-10-6-3-7-11-18/h2-14,23H,15H2,1H3,(H,30,31,34). The molecule has 0 aliphatic carbocycles.